The van der Waals surface area contributed by atoms with Crippen molar-refractivity contribution in [3.05, 3.63) is 36.1 Å². The molecule has 0 atom stereocenters. The lowest BCUT2D eigenvalue weighted by Crippen LogP contribution is -2.43. The first-order valence-corrected chi connectivity index (χ1v) is 5.49. The Morgan fingerprint density at radius 2 is 1.67 bits per heavy atom. The average Bonchev–Trinajstić information content (AvgIpc) is 2.27. The van der Waals surface area contributed by atoms with E-state index in [-0.39, 0.29) is 0 Å². The molecule has 2 nitrogen and oxygen atoms in total. The van der Waals surface area contributed by atoms with Gasteiger partial charge in [0.2, 0.25) is 0 Å². The molecule has 0 unspecified atom stereocenters. The minimum Gasteiger partial charge on any atom is -0.369 e. The molecule has 0 amide bonds. The summed E-state index contributed by atoms with van der Waals surface area (Å²) in [5, 5.41) is 0. The van der Waals surface area contributed by atoms with Crippen LogP contribution < -0.4 is 0 Å². The Bertz CT molecular complexity index is 281. The Kier molecular flexibility index (Phi) is 4.15. The van der Waals surface area contributed by atoms with Gasteiger partial charge in [-0.25, -0.2) is 0 Å². The molecule has 84 valence electrons. The minimum absolute atomic E-state index is 1.08. The summed E-state index contributed by atoms with van der Waals surface area (Å²) in [5.74, 6) is 0. The second kappa shape index (κ2) is 5.17. The van der Waals surface area contributed by atoms with Crippen LogP contribution in [0.25, 0.3) is 0 Å². The van der Waals surface area contributed by atoms with Gasteiger partial charge in [0.15, 0.2) is 0 Å². The monoisotopic (exact) mass is 206 g/mol. The molecule has 0 aromatic rings. The number of nitrogens with zero attached hydrogens (tertiary/aromatic N) is 2. The van der Waals surface area contributed by atoms with E-state index >= 15 is 0 Å². The van der Waals surface area contributed by atoms with Gasteiger partial charge in [-0.1, -0.05) is 19.2 Å². The molecule has 1 heterocycles. The molecule has 0 spiro atoms. The standard InChI is InChI=1S/C13H22N2/c1-6-11(2)12(3)13(4)15-9-7-14(5)8-10-15/h6H,1,4,7-10H2,2-3,5H3/b12-11-. The van der Waals surface area contributed by atoms with E-state index in [9.17, 15) is 0 Å². The zero-order chi connectivity index (χ0) is 11.4. The number of hydrogen-bond donors (Lipinski definition) is 0. The number of hydrogen-bond acceptors (Lipinski definition) is 2. The Hall–Kier alpha value is -1.02. The minimum atomic E-state index is 1.08. The van der Waals surface area contributed by atoms with Crippen LogP contribution in [-0.4, -0.2) is 43.0 Å². The fourth-order valence-corrected chi connectivity index (χ4v) is 1.69. The molecule has 1 aliphatic heterocycles. The van der Waals surface area contributed by atoms with Crippen molar-refractivity contribution in [2.45, 2.75) is 13.8 Å². The van der Waals surface area contributed by atoms with Gasteiger partial charge in [-0.2, -0.15) is 0 Å². The molecule has 0 saturated carbocycles. The van der Waals surface area contributed by atoms with Crippen LogP contribution in [0.1, 0.15) is 13.8 Å². The van der Waals surface area contributed by atoms with Gasteiger partial charge in [0.05, 0.1) is 0 Å². The highest BCUT2D eigenvalue weighted by Gasteiger charge is 2.16. The van der Waals surface area contributed by atoms with Gasteiger partial charge in [-0.3, -0.25) is 0 Å². The predicted octanol–water partition coefficient (Wildman–Crippen LogP) is 2.27. The molecule has 15 heavy (non-hydrogen) atoms. The van der Waals surface area contributed by atoms with Crippen LogP contribution in [0.15, 0.2) is 36.1 Å². The van der Waals surface area contributed by atoms with E-state index in [1.165, 1.54) is 11.1 Å². The fourth-order valence-electron chi connectivity index (χ4n) is 1.69. The molecule has 0 aromatic heterocycles. The zero-order valence-corrected chi connectivity index (χ0v) is 10.2. The Morgan fingerprint density at radius 1 is 1.13 bits per heavy atom. The molecule has 0 radical (unpaired) electrons. The maximum Gasteiger partial charge on any atom is 0.0326 e. The molecule has 1 rings (SSSR count). The smallest absolute Gasteiger partial charge is 0.0326 e. The number of likely N-dealkylation sites (N-methyl/N-ethyl adjacent to an activating group) is 1. The third kappa shape index (κ3) is 2.96. The lowest BCUT2D eigenvalue weighted by Gasteiger charge is -2.35. The summed E-state index contributed by atoms with van der Waals surface area (Å²) in [6, 6.07) is 0. The van der Waals surface area contributed by atoms with Gasteiger partial charge in [0.25, 0.3) is 0 Å². The summed E-state index contributed by atoms with van der Waals surface area (Å²) < 4.78 is 0. The predicted molar refractivity (Wildman–Crippen MR) is 66.8 cm³/mol. The summed E-state index contributed by atoms with van der Waals surface area (Å²) in [4.78, 5) is 4.71. The van der Waals surface area contributed by atoms with E-state index in [0.29, 0.717) is 0 Å². The van der Waals surface area contributed by atoms with Gasteiger partial charge in [-0.05, 0) is 32.0 Å². The van der Waals surface area contributed by atoms with Gasteiger partial charge < -0.3 is 9.80 Å². The molecular formula is C13H22N2. The molecule has 0 aliphatic carbocycles. The van der Waals surface area contributed by atoms with Crippen LogP contribution >= 0.6 is 0 Å². The van der Waals surface area contributed by atoms with Crippen molar-refractivity contribution in [2.75, 3.05) is 33.2 Å². The van der Waals surface area contributed by atoms with Crippen LogP contribution in [0.2, 0.25) is 0 Å². The molecular weight excluding hydrogens is 184 g/mol. The van der Waals surface area contributed by atoms with Gasteiger partial charge >= 0.3 is 0 Å². The zero-order valence-electron chi connectivity index (χ0n) is 10.2. The first-order chi connectivity index (χ1) is 7.06. The van der Waals surface area contributed by atoms with Crippen molar-refractivity contribution in [1.29, 1.82) is 0 Å². The highest BCUT2D eigenvalue weighted by Crippen LogP contribution is 2.18. The van der Waals surface area contributed by atoms with Crippen molar-refractivity contribution >= 4 is 0 Å². The summed E-state index contributed by atoms with van der Waals surface area (Å²) in [6.07, 6.45) is 1.90. The Labute approximate surface area is 93.6 Å². The third-order valence-electron chi connectivity index (χ3n) is 3.22. The molecule has 0 N–H and O–H groups in total. The number of allylic oxidation sites excluding steroid dienone is 3. The molecule has 0 bridgehead atoms. The Morgan fingerprint density at radius 3 is 2.13 bits per heavy atom. The first-order valence-electron chi connectivity index (χ1n) is 5.49. The van der Waals surface area contributed by atoms with E-state index in [0.717, 1.165) is 31.9 Å². The fraction of sp³-hybridized carbons (Fsp3) is 0.538. The van der Waals surface area contributed by atoms with E-state index in [1.807, 2.05) is 6.08 Å². The van der Waals surface area contributed by atoms with Gasteiger partial charge in [-0.15, -0.1) is 0 Å². The van der Waals surface area contributed by atoms with Gasteiger partial charge in [0, 0.05) is 31.9 Å². The second-order valence-electron chi connectivity index (χ2n) is 4.25. The van der Waals surface area contributed by atoms with E-state index in [4.69, 9.17) is 0 Å². The largest absolute Gasteiger partial charge is 0.369 e. The second-order valence-corrected chi connectivity index (χ2v) is 4.25. The highest BCUT2D eigenvalue weighted by molar-refractivity contribution is 5.34. The van der Waals surface area contributed by atoms with Crippen molar-refractivity contribution in [3.63, 3.8) is 0 Å². The van der Waals surface area contributed by atoms with E-state index < -0.39 is 0 Å². The van der Waals surface area contributed by atoms with E-state index in [1.54, 1.807) is 0 Å². The average molecular weight is 206 g/mol. The van der Waals surface area contributed by atoms with Crippen molar-refractivity contribution in [2.24, 2.45) is 0 Å². The molecule has 1 saturated heterocycles. The molecule has 1 fully saturated rings. The lowest BCUT2D eigenvalue weighted by atomic mass is 10.1. The van der Waals surface area contributed by atoms with Crippen LogP contribution in [0, 0.1) is 0 Å². The molecule has 1 aliphatic rings. The number of rotatable bonds is 3. The van der Waals surface area contributed by atoms with Crippen LogP contribution in [-0.2, 0) is 0 Å². The quantitative estimate of drug-likeness (QED) is 0.654. The topological polar surface area (TPSA) is 6.48 Å². The van der Waals surface area contributed by atoms with Crippen molar-refractivity contribution < 1.29 is 0 Å². The van der Waals surface area contributed by atoms with Crippen molar-refractivity contribution in [1.82, 2.24) is 9.80 Å². The van der Waals surface area contributed by atoms with Crippen LogP contribution in [0.5, 0.6) is 0 Å². The summed E-state index contributed by atoms with van der Waals surface area (Å²) in [6.45, 7) is 16.6. The first kappa shape index (κ1) is 12.1. The SMILES string of the molecule is C=C/C(C)=C(/C)C(=C)N1CCN(C)CC1. The molecule has 0 aromatic carbocycles. The Balaban J connectivity index is 2.65. The van der Waals surface area contributed by atoms with Crippen molar-refractivity contribution in [3.8, 4) is 0 Å². The lowest BCUT2D eigenvalue weighted by molar-refractivity contribution is 0.189. The van der Waals surface area contributed by atoms with E-state index in [2.05, 4.69) is 43.9 Å². The summed E-state index contributed by atoms with van der Waals surface area (Å²) in [7, 11) is 2.16. The summed E-state index contributed by atoms with van der Waals surface area (Å²) >= 11 is 0. The van der Waals surface area contributed by atoms with Gasteiger partial charge in [0.1, 0.15) is 0 Å². The van der Waals surface area contributed by atoms with Crippen LogP contribution in [0.4, 0.5) is 0 Å². The normalized spacial score (nSPS) is 19.8. The number of piperazine rings is 1. The maximum atomic E-state index is 4.17. The molecule has 2 heteroatoms. The maximum absolute atomic E-state index is 4.17. The third-order valence-corrected chi connectivity index (χ3v) is 3.22. The highest BCUT2D eigenvalue weighted by atomic mass is 15.2. The van der Waals surface area contributed by atoms with Crippen LogP contribution in [0.3, 0.4) is 0 Å². The summed E-state index contributed by atoms with van der Waals surface area (Å²) in [5.41, 5.74) is 3.63.